The van der Waals surface area contributed by atoms with Gasteiger partial charge in [-0.05, 0) is 37.0 Å². The standard InChI is InChI=1S/C15H19NO2/c1-18-10-4-5-13(17)11-12-8-9-16-15-7-3-2-6-14(12)15/h2-3,6-9,13,17H,4-5,10-11H2,1H3. The van der Waals surface area contributed by atoms with Crippen molar-refractivity contribution in [2.45, 2.75) is 25.4 Å². The van der Waals surface area contributed by atoms with Crippen molar-refractivity contribution in [3.63, 3.8) is 0 Å². The van der Waals surface area contributed by atoms with Crippen molar-refractivity contribution < 1.29 is 9.84 Å². The molecular formula is C15H19NO2. The Hall–Kier alpha value is -1.45. The highest BCUT2D eigenvalue weighted by atomic mass is 16.5. The van der Waals surface area contributed by atoms with E-state index in [1.807, 2.05) is 24.3 Å². The van der Waals surface area contributed by atoms with E-state index in [2.05, 4.69) is 11.1 Å². The van der Waals surface area contributed by atoms with Crippen molar-refractivity contribution >= 4 is 10.9 Å². The summed E-state index contributed by atoms with van der Waals surface area (Å²) in [5.74, 6) is 0. The predicted octanol–water partition coefficient (Wildman–Crippen LogP) is 2.56. The summed E-state index contributed by atoms with van der Waals surface area (Å²) in [6.07, 6.45) is 3.82. The summed E-state index contributed by atoms with van der Waals surface area (Å²) in [4.78, 5) is 4.32. The molecule has 1 N–H and O–H groups in total. The van der Waals surface area contributed by atoms with Gasteiger partial charge >= 0.3 is 0 Å². The summed E-state index contributed by atoms with van der Waals surface area (Å²) in [6.45, 7) is 0.703. The van der Waals surface area contributed by atoms with Crippen molar-refractivity contribution in [2.24, 2.45) is 0 Å². The van der Waals surface area contributed by atoms with Gasteiger partial charge < -0.3 is 9.84 Å². The van der Waals surface area contributed by atoms with Crippen LogP contribution in [0.15, 0.2) is 36.5 Å². The molecule has 3 heteroatoms. The van der Waals surface area contributed by atoms with Gasteiger partial charge in [0.1, 0.15) is 0 Å². The van der Waals surface area contributed by atoms with Gasteiger partial charge in [0.25, 0.3) is 0 Å². The number of aromatic nitrogens is 1. The van der Waals surface area contributed by atoms with E-state index in [4.69, 9.17) is 4.74 Å². The molecule has 0 aliphatic carbocycles. The van der Waals surface area contributed by atoms with Crippen LogP contribution in [0.3, 0.4) is 0 Å². The van der Waals surface area contributed by atoms with Crippen LogP contribution >= 0.6 is 0 Å². The first-order valence-electron chi connectivity index (χ1n) is 6.31. The van der Waals surface area contributed by atoms with Crippen molar-refractivity contribution in [3.8, 4) is 0 Å². The molecule has 0 radical (unpaired) electrons. The van der Waals surface area contributed by atoms with Crippen LogP contribution in [0, 0.1) is 0 Å². The van der Waals surface area contributed by atoms with Gasteiger partial charge in [0.2, 0.25) is 0 Å². The second-order valence-corrected chi connectivity index (χ2v) is 4.48. The van der Waals surface area contributed by atoms with E-state index in [9.17, 15) is 5.11 Å². The molecule has 18 heavy (non-hydrogen) atoms. The quantitative estimate of drug-likeness (QED) is 0.795. The summed E-state index contributed by atoms with van der Waals surface area (Å²) in [7, 11) is 1.68. The maximum Gasteiger partial charge on any atom is 0.0704 e. The average Bonchev–Trinajstić information content (AvgIpc) is 2.39. The fourth-order valence-electron chi connectivity index (χ4n) is 2.15. The molecule has 0 fully saturated rings. The Bertz CT molecular complexity index is 493. The van der Waals surface area contributed by atoms with Gasteiger partial charge in [-0.3, -0.25) is 4.98 Å². The summed E-state index contributed by atoms with van der Waals surface area (Å²) in [6, 6.07) is 10.0. The van der Waals surface area contributed by atoms with Crippen LogP contribution in [0.2, 0.25) is 0 Å². The minimum atomic E-state index is -0.314. The maximum absolute atomic E-state index is 10.0. The van der Waals surface area contributed by atoms with Crippen LogP contribution in [0.5, 0.6) is 0 Å². The van der Waals surface area contributed by atoms with Gasteiger partial charge in [-0.15, -0.1) is 0 Å². The number of hydrogen-bond donors (Lipinski definition) is 1. The molecule has 0 aliphatic rings. The number of rotatable bonds is 6. The Morgan fingerprint density at radius 3 is 2.94 bits per heavy atom. The smallest absolute Gasteiger partial charge is 0.0704 e. The minimum Gasteiger partial charge on any atom is -0.393 e. The molecule has 2 aromatic rings. The zero-order valence-corrected chi connectivity index (χ0v) is 10.7. The molecule has 2 rings (SSSR count). The largest absolute Gasteiger partial charge is 0.393 e. The zero-order chi connectivity index (χ0) is 12.8. The Kier molecular flexibility index (Phi) is 4.67. The molecule has 1 atom stereocenters. The van der Waals surface area contributed by atoms with E-state index in [-0.39, 0.29) is 6.10 Å². The Morgan fingerprint density at radius 1 is 1.28 bits per heavy atom. The molecule has 1 aromatic heterocycles. The van der Waals surface area contributed by atoms with E-state index in [1.54, 1.807) is 13.3 Å². The zero-order valence-electron chi connectivity index (χ0n) is 10.7. The fraction of sp³-hybridized carbons (Fsp3) is 0.400. The van der Waals surface area contributed by atoms with Gasteiger partial charge in [0.15, 0.2) is 0 Å². The molecule has 1 heterocycles. The average molecular weight is 245 g/mol. The molecule has 3 nitrogen and oxygen atoms in total. The number of fused-ring (bicyclic) bond motifs is 1. The second-order valence-electron chi connectivity index (χ2n) is 4.48. The monoisotopic (exact) mass is 245 g/mol. The second kappa shape index (κ2) is 6.47. The lowest BCUT2D eigenvalue weighted by atomic mass is 10.0. The minimum absolute atomic E-state index is 0.314. The third-order valence-corrected chi connectivity index (χ3v) is 3.08. The highest BCUT2D eigenvalue weighted by Gasteiger charge is 2.08. The number of methoxy groups -OCH3 is 1. The lowest BCUT2D eigenvalue weighted by Gasteiger charge is -2.12. The third kappa shape index (κ3) is 3.28. The van der Waals surface area contributed by atoms with Crippen molar-refractivity contribution in [1.82, 2.24) is 4.98 Å². The SMILES string of the molecule is COCCCC(O)Cc1ccnc2ccccc12. The Morgan fingerprint density at radius 2 is 2.11 bits per heavy atom. The van der Waals surface area contributed by atoms with E-state index in [0.29, 0.717) is 13.0 Å². The highest BCUT2D eigenvalue weighted by molar-refractivity contribution is 5.81. The number of aliphatic hydroxyl groups excluding tert-OH is 1. The van der Waals surface area contributed by atoms with Gasteiger partial charge in [0, 0.05) is 25.3 Å². The molecule has 0 saturated heterocycles. The summed E-state index contributed by atoms with van der Waals surface area (Å²) in [5, 5.41) is 11.1. The Labute approximate surface area is 107 Å². The van der Waals surface area contributed by atoms with Crippen LogP contribution in [-0.2, 0) is 11.2 Å². The van der Waals surface area contributed by atoms with Crippen LogP contribution in [-0.4, -0.2) is 29.9 Å². The van der Waals surface area contributed by atoms with Crippen LogP contribution in [0.25, 0.3) is 10.9 Å². The third-order valence-electron chi connectivity index (χ3n) is 3.08. The molecule has 0 aliphatic heterocycles. The van der Waals surface area contributed by atoms with Crippen molar-refractivity contribution in [2.75, 3.05) is 13.7 Å². The molecule has 1 aromatic carbocycles. The molecule has 0 amide bonds. The van der Waals surface area contributed by atoms with E-state index >= 15 is 0 Å². The normalized spacial score (nSPS) is 12.8. The van der Waals surface area contributed by atoms with Gasteiger partial charge in [-0.2, -0.15) is 0 Å². The first-order chi connectivity index (χ1) is 8.81. The molecule has 1 unspecified atom stereocenters. The Balaban J connectivity index is 2.07. The first-order valence-corrected chi connectivity index (χ1v) is 6.31. The van der Waals surface area contributed by atoms with Crippen molar-refractivity contribution in [1.29, 1.82) is 0 Å². The van der Waals surface area contributed by atoms with Crippen LogP contribution < -0.4 is 0 Å². The highest BCUT2D eigenvalue weighted by Crippen LogP contribution is 2.18. The number of para-hydroxylation sites is 1. The number of hydrogen-bond acceptors (Lipinski definition) is 3. The summed E-state index contributed by atoms with van der Waals surface area (Å²) >= 11 is 0. The topological polar surface area (TPSA) is 42.4 Å². The molecule has 96 valence electrons. The van der Waals surface area contributed by atoms with Gasteiger partial charge in [-0.25, -0.2) is 0 Å². The van der Waals surface area contributed by atoms with Gasteiger partial charge in [0.05, 0.1) is 11.6 Å². The van der Waals surface area contributed by atoms with E-state index < -0.39 is 0 Å². The van der Waals surface area contributed by atoms with Crippen LogP contribution in [0.1, 0.15) is 18.4 Å². The first kappa shape index (κ1) is 13.0. The number of nitrogens with zero attached hydrogens (tertiary/aromatic N) is 1. The number of ether oxygens (including phenoxy) is 1. The predicted molar refractivity (Wildman–Crippen MR) is 72.6 cm³/mol. The maximum atomic E-state index is 10.0. The van der Waals surface area contributed by atoms with Crippen molar-refractivity contribution in [3.05, 3.63) is 42.1 Å². The number of benzene rings is 1. The summed E-state index contributed by atoms with van der Waals surface area (Å²) in [5.41, 5.74) is 2.14. The lowest BCUT2D eigenvalue weighted by Crippen LogP contribution is -2.11. The molecule has 0 spiro atoms. The van der Waals surface area contributed by atoms with Gasteiger partial charge in [-0.1, -0.05) is 18.2 Å². The van der Waals surface area contributed by atoms with E-state index in [1.165, 1.54) is 0 Å². The fourth-order valence-corrected chi connectivity index (χ4v) is 2.15. The number of pyridine rings is 1. The lowest BCUT2D eigenvalue weighted by molar-refractivity contribution is 0.135. The summed E-state index contributed by atoms with van der Waals surface area (Å²) < 4.78 is 4.99. The number of aliphatic hydroxyl groups is 1. The molecular weight excluding hydrogens is 226 g/mol. The van der Waals surface area contributed by atoms with Crippen LogP contribution in [0.4, 0.5) is 0 Å². The molecule has 0 bridgehead atoms. The van der Waals surface area contributed by atoms with E-state index in [0.717, 1.165) is 29.3 Å². The molecule has 0 saturated carbocycles.